The molecule has 0 radical (unpaired) electrons. The third-order valence-corrected chi connectivity index (χ3v) is 3.14. The number of aromatic amines is 1. The lowest BCUT2D eigenvalue weighted by Gasteiger charge is -2.03. The van der Waals surface area contributed by atoms with Gasteiger partial charge >= 0.3 is 6.09 Å². The smallest absolute Gasteiger partial charge is 0.413 e. The summed E-state index contributed by atoms with van der Waals surface area (Å²) in [7, 11) is 1.23. The van der Waals surface area contributed by atoms with Gasteiger partial charge in [-0.1, -0.05) is 30.3 Å². The van der Waals surface area contributed by atoms with E-state index in [-0.39, 0.29) is 11.5 Å². The van der Waals surface area contributed by atoms with Crippen LogP contribution in [0.3, 0.4) is 0 Å². The summed E-state index contributed by atoms with van der Waals surface area (Å²) in [5.41, 5.74) is 1.91. The van der Waals surface area contributed by atoms with Crippen molar-refractivity contribution in [2.45, 2.75) is 6.42 Å². The number of ether oxygens (including phenoxy) is 1. The molecular formula is C15H13N3O4. The molecule has 0 atom stereocenters. The number of anilines is 1. The van der Waals surface area contributed by atoms with Crippen molar-refractivity contribution >= 4 is 23.1 Å². The molecule has 3 aromatic rings. The summed E-state index contributed by atoms with van der Waals surface area (Å²) in [5, 5.41) is 2.34. The minimum atomic E-state index is -0.712. The highest BCUT2D eigenvalue weighted by atomic mass is 16.5. The van der Waals surface area contributed by atoms with Crippen LogP contribution in [0.2, 0.25) is 0 Å². The summed E-state index contributed by atoms with van der Waals surface area (Å²) >= 11 is 0. The minimum Gasteiger partial charge on any atom is -0.456 e. The van der Waals surface area contributed by atoms with Crippen LogP contribution in [-0.2, 0) is 11.2 Å². The van der Waals surface area contributed by atoms with Gasteiger partial charge in [0.25, 0.3) is 5.56 Å². The highest BCUT2D eigenvalue weighted by Crippen LogP contribution is 2.20. The molecule has 0 spiro atoms. The van der Waals surface area contributed by atoms with Gasteiger partial charge in [0.15, 0.2) is 0 Å². The second-order valence-corrected chi connectivity index (χ2v) is 4.63. The second-order valence-electron chi connectivity index (χ2n) is 4.63. The number of amides is 1. The van der Waals surface area contributed by atoms with Crippen LogP contribution in [0.1, 0.15) is 11.1 Å². The van der Waals surface area contributed by atoms with Crippen LogP contribution >= 0.6 is 0 Å². The Morgan fingerprint density at radius 2 is 2.14 bits per heavy atom. The molecule has 7 nitrogen and oxygen atoms in total. The van der Waals surface area contributed by atoms with E-state index in [9.17, 15) is 9.59 Å². The number of benzene rings is 1. The zero-order valence-corrected chi connectivity index (χ0v) is 11.8. The number of nitrogens with zero attached hydrogens (tertiary/aromatic N) is 1. The molecule has 0 fully saturated rings. The van der Waals surface area contributed by atoms with Gasteiger partial charge in [-0.05, 0) is 5.56 Å². The molecule has 112 valence electrons. The van der Waals surface area contributed by atoms with Gasteiger partial charge in [0.05, 0.1) is 13.4 Å². The first-order valence-electron chi connectivity index (χ1n) is 6.56. The van der Waals surface area contributed by atoms with Gasteiger partial charge in [0.2, 0.25) is 11.5 Å². The van der Waals surface area contributed by atoms with Crippen molar-refractivity contribution in [1.82, 2.24) is 9.97 Å². The van der Waals surface area contributed by atoms with Crippen LogP contribution in [-0.4, -0.2) is 23.2 Å². The number of methoxy groups -OCH3 is 1. The molecule has 0 aliphatic carbocycles. The third-order valence-electron chi connectivity index (χ3n) is 3.14. The van der Waals surface area contributed by atoms with E-state index in [0.717, 1.165) is 11.1 Å². The monoisotopic (exact) mass is 299 g/mol. The lowest BCUT2D eigenvalue weighted by atomic mass is 10.1. The van der Waals surface area contributed by atoms with Crippen molar-refractivity contribution in [3.63, 3.8) is 0 Å². The predicted molar refractivity (Wildman–Crippen MR) is 79.9 cm³/mol. The van der Waals surface area contributed by atoms with Gasteiger partial charge in [-0.2, -0.15) is 0 Å². The first-order chi connectivity index (χ1) is 10.7. The van der Waals surface area contributed by atoms with E-state index in [2.05, 4.69) is 20.0 Å². The zero-order chi connectivity index (χ0) is 15.5. The molecule has 0 aliphatic rings. The fourth-order valence-electron chi connectivity index (χ4n) is 2.12. The van der Waals surface area contributed by atoms with Crippen LogP contribution in [0.15, 0.2) is 45.8 Å². The quantitative estimate of drug-likeness (QED) is 0.773. The number of fused-ring (bicyclic) bond motifs is 1. The molecule has 2 heterocycles. The number of nitrogens with one attached hydrogen (secondary N) is 2. The maximum atomic E-state index is 12.0. The maximum absolute atomic E-state index is 12.0. The van der Waals surface area contributed by atoms with Crippen LogP contribution in [0.25, 0.3) is 11.1 Å². The number of carbonyl (C=O) groups excluding carboxylic acids is 1. The van der Waals surface area contributed by atoms with E-state index < -0.39 is 11.7 Å². The minimum absolute atomic E-state index is 0.0139. The van der Waals surface area contributed by atoms with Crippen molar-refractivity contribution in [3.05, 3.63) is 58.1 Å². The molecule has 1 amide bonds. The Balaban J connectivity index is 2.01. The van der Waals surface area contributed by atoms with Crippen molar-refractivity contribution in [2.24, 2.45) is 0 Å². The van der Waals surface area contributed by atoms with Crippen molar-refractivity contribution in [2.75, 3.05) is 12.4 Å². The van der Waals surface area contributed by atoms with Gasteiger partial charge in [0.1, 0.15) is 5.52 Å². The standard InChI is InChI=1S/C15H13N3O4/c1-21-15(20)18-14-16-11-10(7-9-5-3-2-4-6-9)8-22-12(11)13(19)17-14/h2-6,8H,7H2,1H3,(H2,16,17,18,19,20). The first kappa shape index (κ1) is 13.9. The molecule has 22 heavy (non-hydrogen) atoms. The number of carbonyl (C=O) groups is 1. The molecule has 2 aromatic heterocycles. The Hall–Kier alpha value is -3.09. The molecule has 0 saturated heterocycles. The van der Waals surface area contributed by atoms with Crippen molar-refractivity contribution < 1.29 is 13.9 Å². The van der Waals surface area contributed by atoms with E-state index in [1.165, 1.54) is 13.4 Å². The summed E-state index contributed by atoms with van der Waals surface area (Å²) in [6.07, 6.45) is 1.36. The Bertz CT molecular complexity index is 867. The Morgan fingerprint density at radius 1 is 1.36 bits per heavy atom. The molecule has 7 heteroatoms. The third kappa shape index (κ3) is 2.69. The van der Waals surface area contributed by atoms with E-state index in [0.29, 0.717) is 11.9 Å². The van der Waals surface area contributed by atoms with Crippen LogP contribution < -0.4 is 10.9 Å². The second kappa shape index (κ2) is 5.72. The average molecular weight is 299 g/mol. The highest BCUT2D eigenvalue weighted by Gasteiger charge is 2.14. The van der Waals surface area contributed by atoms with Gasteiger partial charge in [-0.3, -0.25) is 15.1 Å². The van der Waals surface area contributed by atoms with E-state index in [4.69, 9.17) is 4.42 Å². The predicted octanol–water partition coefficient (Wildman–Crippen LogP) is 2.29. The van der Waals surface area contributed by atoms with Gasteiger partial charge in [-0.25, -0.2) is 9.78 Å². The molecule has 1 aromatic carbocycles. The summed E-state index contributed by atoms with van der Waals surface area (Å²) < 4.78 is 9.77. The lowest BCUT2D eigenvalue weighted by Crippen LogP contribution is -2.17. The molecule has 2 N–H and O–H groups in total. The average Bonchev–Trinajstić information content (AvgIpc) is 2.92. The summed E-state index contributed by atoms with van der Waals surface area (Å²) in [6, 6.07) is 9.74. The maximum Gasteiger partial charge on any atom is 0.413 e. The highest BCUT2D eigenvalue weighted by molar-refractivity contribution is 5.84. The van der Waals surface area contributed by atoms with E-state index in [1.807, 2.05) is 30.3 Å². The van der Waals surface area contributed by atoms with Gasteiger partial charge in [0, 0.05) is 12.0 Å². The van der Waals surface area contributed by atoms with Crippen LogP contribution in [0, 0.1) is 0 Å². The Kier molecular flexibility index (Phi) is 3.61. The lowest BCUT2D eigenvalue weighted by molar-refractivity contribution is 0.186. The van der Waals surface area contributed by atoms with E-state index >= 15 is 0 Å². The summed E-state index contributed by atoms with van der Waals surface area (Å²) in [6.45, 7) is 0. The fourth-order valence-corrected chi connectivity index (χ4v) is 2.12. The zero-order valence-electron chi connectivity index (χ0n) is 11.8. The molecule has 3 rings (SSSR count). The molecule has 0 bridgehead atoms. The van der Waals surface area contributed by atoms with Crippen LogP contribution in [0.5, 0.6) is 0 Å². The molecule has 0 aliphatic heterocycles. The van der Waals surface area contributed by atoms with Crippen molar-refractivity contribution in [3.8, 4) is 0 Å². The van der Waals surface area contributed by atoms with Gasteiger partial charge < -0.3 is 9.15 Å². The number of H-pyrrole nitrogens is 1. The first-order valence-corrected chi connectivity index (χ1v) is 6.56. The number of furan rings is 1. The van der Waals surface area contributed by atoms with Crippen molar-refractivity contribution in [1.29, 1.82) is 0 Å². The summed E-state index contributed by atoms with van der Waals surface area (Å²) in [5.74, 6) is 0.0139. The van der Waals surface area contributed by atoms with Gasteiger partial charge in [-0.15, -0.1) is 0 Å². The number of hydrogen-bond donors (Lipinski definition) is 2. The summed E-state index contributed by atoms with van der Waals surface area (Å²) in [4.78, 5) is 29.8. The van der Waals surface area contributed by atoms with E-state index in [1.54, 1.807) is 0 Å². The normalized spacial score (nSPS) is 10.6. The van der Waals surface area contributed by atoms with Crippen LogP contribution in [0.4, 0.5) is 10.7 Å². The number of rotatable bonds is 3. The number of hydrogen-bond acceptors (Lipinski definition) is 5. The topological polar surface area (TPSA) is 97.2 Å². The molecule has 0 unspecified atom stereocenters. The SMILES string of the molecule is COC(=O)Nc1nc2c(Cc3ccccc3)coc2c(=O)[nH]1. The Morgan fingerprint density at radius 3 is 2.86 bits per heavy atom. The Labute approximate surface area is 124 Å². The largest absolute Gasteiger partial charge is 0.456 e. The number of aromatic nitrogens is 2. The molecule has 0 saturated carbocycles. The fraction of sp³-hybridized carbons (Fsp3) is 0.133. The molecular weight excluding hydrogens is 286 g/mol.